The second-order valence-corrected chi connectivity index (χ2v) is 8.22. The van der Waals surface area contributed by atoms with Gasteiger partial charge in [0.05, 0.1) is 0 Å². The predicted molar refractivity (Wildman–Crippen MR) is 123 cm³/mol. The highest BCUT2D eigenvalue weighted by Gasteiger charge is 2.26. The van der Waals surface area contributed by atoms with Crippen LogP contribution in [0.5, 0.6) is 0 Å². The number of hydrogen-bond acceptors (Lipinski definition) is 4. The quantitative estimate of drug-likeness (QED) is 0.631. The van der Waals surface area contributed by atoms with Crippen LogP contribution >= 0.6 is 0 Å². The third-order valence-electron chi connectivity index (χ3n) is 5.76. The number of aryl methyl sites for hydroxylation is 2. The monoisotopic (exact) mass is 434 g/mol. The number of amides is 1. The number of rotatable bonds is 6. The first-order chi connectivity index (χ1) is 15.5. The molecule has 1 aliphatic rings. The molecule has 1 aromatic carbocycles. The van der Waals surface area contributed by atoms with Gasteiger partial charge in [0.15, 0.2) is 0 Å². The average molecular weight is 435 g/mol. The molecule has 3 heterocycles. The smallest absolute Gasteiger partial charge is 0.250 e. The Morgan fingerprint density at radius 2 is 1.97 bits per heavy atom. The van der Waals surface area contributed by atoms with Crippen LogP contribution in [0.15, 0.2) is 65.6 Å². The Hall–Kier alpha value is -3.48. The van der Waals surface area contributed by atoms with Crippen molar-refractivity contribution in [3.63, 3.8) is 0 Å². The first-order valence-electron chi connectivity index (χ1n) is 10.9. The molecule has 1 amide bonds. The summed E-state index contributed by atoms with van der Waals surface area (Å²) in [6, 6.07) is 15.2. The predicted octanol–water partition coefficient (Wildman–Crippen LogP) is 4.23. The summed E-state index contributed by atoms with van der Waals surface area (Å²) in [7, 11) is 0. The number of nitrogens with zero attached hydrogens (tertiary/aromatic N) is 3. The van der Waals surface area contributed by atoms with Gasteiger partial charge in [-0.2, -0.15) is 0 Å². The van der Waals surface area contributed by atoms with E-state index in [0.717, 1.165) is 42.1 Å². The standard InChI is InChI=1S/C25H27FN4O2/c1-18-15-22(28-21-9-7-20(26)8-10-21)16-23(27-18)19-5-4-13-30(17-19)25(32)11-14-29-12-3-2-6-24(29)31/h2-3,6-10,12,15-16,19H,4-5,11,13-14,17H2,1H3,(H,27,28)/t19-/m1/s1. The van der Waals surface area contributed by atoms with Crippen LogP contribution in [-0.2, 0) is 11.3 Å². The number of hydrogen-bond donors (Lipinski definition) is 1. The highest BCUT2D eigenvalue weighted by atomic mass is 19.1. The van der Waals surface area contributed by atoms with Crippen molar-refractivity contribution in [2.45, 2.75) is 38.6 Å². The Balaban J connectivity index is 1.42. The van der Waals surface area contributed by atoms with Crippen molar-refractivity contribution in [3.8, 4) is 0 Å². The minimum absolute atomic E-state index is 0.0581. The van der Waals surface area contributed by atoms with E-state index in [-0.39, 0.29) is 23.2 Å². The summed E-state index contributed by atoms with van der Waals surface area (Å²) in [5.41, 5.74) is 3.44. The molecule has 7 heteroatoms. The van der Waals surface area contributed by atoms with E-state index in [1.165, 1.54) is 18.2 Å². The van der Waals surface area contributed by atoms with E-state index < -0.39 is 0 Å². The van der Waals surface area contributed by atoms with Gasteiger partial charge in [0.25, 0.3) is 5.56 Å². The maximum Gasteiger partial charge on any atom is 0.250 e. The van der Waals surface area contributed by atoms with Crippen LogP contribution in [0.1, 0.15) is 36.6 Å². The second kappa shape index (κ2) is 9.77. The molecular formula is C25H27FN4O2. The van der Waals surface area contributed by atoms with E-state index in [0.29, 0.717) is 19.5 Å². The van der Waals surface area contributed by atoms with Crippen LogP contribution in [0.3, 0.4) is 0 Å². The zero-order valence-corrected chi connectivity index (χ0v) is 18.1. The summed E-state index contributed by atoms with van der Waals surface area (Å²) in [5, 5.41) is 3.31. The highest BCUT2D eigenvalue weighted by Crippen LogP contribution is 2.29. The normalized spacial score (nSPS) is 16.1. The maximum atomic E-state index is 13.2. The van der Waals surface area contributed by atoms with Crippen LogP contribution in [0.2, 0.25) is 0 Å². The van der Waals surface area contributed by atoms with Gasteiger partial charge in [-0.3, -0.25) is 14.6 Å². The highest BCUT2D eigenvalue weighted by molar-refractivity contribution is 5.76. The Labute approximate surface area is 186 Å². The van der Waals surface area contributed by atoms with Crippen LogP contribution in [0.25, 0.3) is 0 Å². The van der Waals surface area contributed by atoms with E-state index in [1.807, 2.05) is 24.0 Å². The van der Waals surface area contributed by atoms with Crippen molar-refractivity contribution in [3.05, 3.63) is 88.4 Å². The number of benzene rings is 1. The number of carbonyl (C=O) groups excluding carboxylic acids is 1. The lowest BCUT2D eigenvalue weighted by atomic mass is 9.93. The number of aromatic nitrogens is 2. The van der Waals surface area contributed by atoms with E-state index >= 15 is 0 Å². The molecule has 6 nitrogen and oxygen atoms in total. The van der Waals surface area contributed by atoms with Crippen molar-refractivity contribution in [2.75, 3.05) is 18.4 Å². The number of nitrogens with one attached hydrogen (secondary N) is 1. The summed E-state index contributed by atoms with van der Waals surface area (Å²) in [6.45, 7) is 3.68. The Morgan fingerprint density at radius 1 is 1.16 bits per heavy atom. The molecule has 0 unspecified atom stereocenters. The molecule has 1 fully saturated rings. The molecule has 1 saturated heterocycles. The van der Waals surface area contributed by atoms with Crippen LogP contribution in [0.4, 0.5) is 15.8 Å². The van der Waals surface area contributed by atoms with E-state index in [1.54, 1.807) is 35.0 Å². The number of carbonyl (C=O) groups is 1. The fraction of sp³-hybridized carbons (Fsp3) is 0.320. The number of pyridine rings is 2. The number of likely N-dealkylation sites (tertiary alicyclic amines) is 1. The van der Waals surface area contributed by atoms with Gasteiger partial charge in [0.1, 0.15) is 5.82 Å². The SMILES string of the molecule is Cc1cc(Nc2ccc(F)cc2)cc([C@@H]2CCCN(C(=O)CCn3ccccc3=O)C2)n1. The molecule has 1 atom stereocenters. The first-order valence-corrected chi connectivity index (χ1v) is 10.9. The summed E-state index contributed by atoms with van der Waals surface area (Å²) in [5.74, 6) is -0.0603. The number of anilines is 2. The van der Waals surface area contributed by atoms with Gasteiger partial charge in [-0.25, -0.2) is 4.39 Å². The van der Waals surface area contributed by atoms with Gasteiger partial charge in [-0.05, 0) is 62.2 Å². The van der Waals surface area contributed by atoms with Crippen molar-refractivity contribution in [2.24, 2.45) is 0 Å². The van der Waals surface area contributed by atoms with Crippen LogP contribution in [-0.4, -0.2) is 33.4 Å². The molecule has 0 saturated carbocycles. The third kappa shape index (κ3) is 5.41. The van der Waals surface area contributed by atoms with Crippen molar-refractivity contribution < 1.29 is 9.18 Å². The number of halogens is 1. The molecule has 32 heavy (non-hydrogen) atoms. The van der Waals surface area contributed by atoms with Crippen LogP contribution in [0, 0.1) is 12.7 Å². The van der Waals surface area contributed by atoms with Crippen molar-refractivity contribution in [1.82, 2.24) is 14.5 Å². The second-order valence-electron chi connectivity index (χ2n) is 8.22. The Kier molecular flexibility index (Phi) is 6.63. The largest absolute Gasteiger partial charge is 0.355 e. The minimum Gasteiger partial charge on any atom is -0.355 e. The van der Waals surface area contributed by atoms with Crippen LogP contribution < -0.4 is 10.9 Å². The summed E-state index contributed by atoms with van der Waals surface area (Å²) in [4.78, 5) is 31.3. The molecule has 4 rings (SSSR count). The molecule has 0 bridgehead atoms. The molecule has 0 radical (unpaired) electrons. The molecule has 0 aliphatic carbocycles. The molecular weight excluding hydrogens is 407 g/mol. The van der Waals surface area contributed by atoms with Gasteiger partial charge in [0.2, 0.25) is 5.91 Å². The molecule has 0 spiro atoms. The van der Waals surface area contributed by atoms with Gasteiger partial charge < -0.3 is 14.8 Å². The van der Waals surface area contributed by atoms with Crippen molar-refractivity contribution >= 4 is 17.3 Å². The molecule has 3 aromatic rings. The fourth-order valence-electron chi connectivity index (χ4n) is 4.14. The topological polar surface area (TPSA) is 67.2 Å². The zero-order valence-electron chi connectivity index (χ0n) is 18.1. The molecule has 2 aromatic heterocycles. The third-order valence-corrected chi connectivity index (χ3v) is 5.76. The summed E-state index contributed by atoms with van der Waals surface area (Å²) in [6.07, 6.45) is 3.89. The number of piperidine rings is 1. The zero-order chi connectivity index (χ0) is 22.5. The summed E-state index contributed by atoms with van der Waals surface area (Å²) < 4.78 is 14.7. The lowest BCUT2D eigenvalue weighted by Crippen LogP contribution is -2.40. The van der Waals surface area contributed by atoms with E-state index in [9.17, 15) is 14.0 Å². The first kappa shape index (κ1) is 21.7. The lowest BCUT2D eigenvalue weighted by Gasteiger charge is -2.33. The van der Waals surface area contributed by atoms with Gasteiger partial charge in [-0.15, -0.1) is 0 Å². The van der Waals surface area contributed by atoms with Gasteiger partial charge in [-0.1, -0.05) is 6.07 Å². The van der Waals surface area contributed by atoms with E-state index in [4.69, 9.17) is 4.98 Å². The Morgan fingerprint density at radius 3 is 2.75 bits per heavy atom. The van der Waals surface area contributed by atoms with E-state index in [2.05, 4.69) is 5.32 Å². The maximum absolute atomic E-state index is 13.2. The molecule has 166 valence electrons. The molecule has 1 N–H and O–H groups in total. The van der Waals surface area contributed by atoms with Crippen molar-refractivity contribution in [1.29, 1.82) is 0 Å². The average Bonchev–Trinajstić information content (AvgIpc) is 2.79. The minimum atomic E-state index is -0.272. The lowest BCUT2D eigenvalue weighted by molar-refractivity contribution is -0.132. The Bertz CT molecular complexity index is 1140. The summed E-state index contributed by atoms with van der Waals surface area (Å²) >= 11 is 0. The molecule has 1 aliphatic heterocycles. The van der Waals surface area contributed by atoms with Gasteiger partial charge >= 0.3 is 0 Å². The fourth-order valence-corrected chi connectivity index (χ4v) is 4.14. The van der Waals surface area contributed by atoms with Gasteiger partial charge in [0, 0.05) is 67.0 Å².